The third kappa shape index (κ3) is 2.18. The highest BCUT2D eigenvalue weighted by Gasteiger charge is 2.00. The average molecular weight is 171 g/mol. The van der Waals surface area contributed by atoms with E-state index < -0.39 is 5.82 Å². The van der Waals surface area contributed by atoms with Crippen LogP contribution in [0.15, 0.2) is 18.2 Å². The van der Waals surface area contributed by atoms with Crippen molar-refractivity contribution in [2.24, 2.45) is 5.90 Å². The predicted octanol–water partition coefficient (Wildman–Crippen LogP) is 0.964. The number of nitrogens with two attached hydrogens (primary N) is 1. The van der Waals surface area contributed by atoms with Gasteiger partial charge in [-0.3, -0.25) is 0 Å². The number of halogens is 1. The second-order valence-electron chi connectivity index (χ2n) is 2.41. The van der Waals surface area contributed by atoms with Crippen LogP contribution in [0.25, 0.3) is 0 Å². The Labute approximate surface area is 69.5 Å². The summed E-state index contributed by atoms with van der Waals surface area (Å²) in [6, 6.07) is 4.19. The van der Waals surface area contributed by atoms with E-state index in [0.717, 1.165) is 5.56 Å². The summed E-state index contributed by atoms with van der Waals surface area (Å²) in [7, 11) is 0. The number of benzene rings is 1. The summed E-state index contributed by atoms with van der Waals surface area (Å²) in [6.45, 7) is 0.338. The summed E-state index contributed by atoms with van der Waals surface area (Å²) >= 11 is 0. The lowest BCUT2D eigenvalue weighted by Crippen LogP contribution is -2.03. The number of aromatic hydroxyl groups is 1. The molecular weight excluding hydrogens is 161 g/mol. The smallest absolute Gasteiger partial charge is 0.165 e. The molecule has 4 heteroatoms. The van der Waals surface area contributed by atoms with Crippen molar-refractivity contribution in [1.29, 1.82) is 0 Å². The van der Waals surface area contributed by atoms with E-state index in [0.29, 0.717) is 13.0 Å². The van der Waals surface area contributed by atoms with Gasteiger partial charge in [0, 0.05) is 0 Å². The van der Waals surface area contributed by atoms with E-state index in [2.05, 4.69) is 4.84 Å². The molecule has 0 aliphatic rings. The molecule has 0 unspecified atom stereocenters. The van der Waals surface area contributed by atoms with Gasteiger partial charge in [0.15, 0.2) is 11.6 Å². The van der Waals surface area contributed by atoms with Crippen molar-refractivity contribution in [2.75, 3.05) is 6.61 Å². The molecule has 0 saturated heterocycles. The fourth-order valence-corrected chi connectivity index (χ4v) is 0.883. The zero-order chi connectivity index (χ0) is 8.97. The third-order valence-corrected chi connectivity index (χ3v) is 1.52. The maximum Gasteiger partial charge on any atom is 0.165 e. The SMILES string of the molecule is NOCCc1ccc(O)c(F)c1. The van der Waals surface area contributed by atoms with Gasteiger partial charge < -0.3 is 9.94 Å². The lowest BCUT2D eigenvalue weighted by molar-refractivity contribution is 0.141. The van der Waals surface area contributed by atoms with Gasteiger partial charge in [0.05, 0.1) is 6.61 Å². The molecule has 0 radical (unpaired) electrons. The highest BCUT2D eigenvalue weighted by Crippen LogP contribution is 2.16. The second-order valence-corrected chi connectivity index (χ2v) is 2.41. The maximum atomic E-state index is 12.7. The van der Waals surface area contributed by atoms with Crippen molar-refractivity contribution in [3.05, 3.63) is 29.6 Å². The standard InChI is InChI=1S/C8H10FNO2/c9-7-5-6(3-4-12-10)1-2-8(7)11/h1-2,5,11H,3-4,10H2. The summed E-state index contributed by atoms with van der Waals surface area (Å²) in [5.74, 6) is 3.84. The van der Waals surface area contributed by atoms with Crippen LogP contribution in [0.4, 0.5) is 4.39 Å². The fraction of sp³-hybridized carbons (Fsp3) is 0.250. The molecular formula is C8H10FNO2. The Bertz CT molecular complexity index is 265. The molecule has 1 rings (SSSR count). The maximum absolute atomic E-state index is 12.7. The first kappa shape index (κ1) is 8.96. The number of phenols is 1. The molecule has 0 heterocycles. The molecule has 0 amide bonds. The van der Waals surface area contributed by atoms with Crippen LogP contribution in [0.1, 0.15) is 5.56 Å². The Hall–Kier alpha value is -1.13. The second kappa shape index (κ2) is 4.04. The van der Waals surface area contributed by atoms with Gasteiger partial charge in [-0.2, -0.15) is 0 Å². The summed E-state index contributed by atoms with van der Waals surface area (Å²) in [6.07, 6.45) is 0.535. The molecule has 0 fully saturated rings. The fourth-order valence-electron chi connectivity index (χ4n) is 0.883. The third-order valence-electron chi connectivity index (χ3n) is 1.52. The Balaban J connectivity index is 2.69. The molecule has 0 saturated carbocycles. The number of hydrogen-bond donors (Lipinski definition) is 2. The van der Waals surface area contributed by atoms with Crippen LogP contribution in [0, 0.1) is 5.82 Å². The quantitative estimate of drug-likeness (QED) is 0.666. The van der Waals surface area contributed by atoms with Gasteiger partial charge in [-0.05, 0) is 24.1 Å². The normalized spacial score (nSPS) is 10.2. The summed E-state index contributed by atoms with van der Waals surface area (Å²) in [5, 5.41) is 8.84. The van der Waals surface area contributed by atoms with E-state index in [1.807, 2.05) is 0 Å². The molecule has 1 aromatic carbocycles. The molecule has 0 spiro atoms. The molecule has 66 valence electrons. The summed E-state index contributed by atoms with van der Waals surface area (Å²) in [4.78, 5) is 4.33. The monoisotopic (exact) mass is 171 g/mol. The van der Waals surface area contributed by atoms with E-state index in [-0.39, 0.29) is 5.75 Å². The lowest BCUT2D eigenvalue weighted by atomic mass is 10.1. The van der Waals surface area contributed by atoms with Gasteiger partial charge in [-0.15, -0.1) is 0 Å². The zero-order valence-electron chi connectivity index (χ0n) is 6.46. The van der Waals surface area contributed by atoms with E-state index in [1.54, 1.807) is 6.07 Å². The zero-order valence-corrected chi connectivity index (χ0v) is 6.46. The Kier molecular flexibility index (Phi) is 3.01. The molecule has 0 aromatic heterocycles. The predicted molar refractivity (Wildman–Crippen MR) is 41.9 cm³/mol. The molecule has 0 bridgehead atoms. The van der Waals surface area contributed by atoms with Crippen molar-refractivity contribution < 1.29 is 14.3 Å². The Morgan fingerprint density at radius 3 is 2.83 bits per heavy atom. The van der Waals surface area contributed by atoms with Gasteiger partial charge in [-0.25, -0.2) is 10.3 Å². The van der Waals surface area contributed by atoms with Crippen LogP contribution >= 0.6 is 0 Å². The molecule has 3 nitrogen and oxygen atoms in total. The summed E-state index contributed by atoms with van der Waals surface area (Å²) in [5.41, 5.74) is 0.746. The minimum Gasteiger partial charge on any atom is -0.505 e. The largest absolute Gasteiger partial charge is 0.505 e. The van der Waals surface area contributed by atoms with Crippen molar-refractivity contribution in [3.63, 3.8) is 0 Å². The first-order valence-corrected chi connectivity index (χ1v) is 3.53. The van der Waals surface area contributed by atoms with Crippen LogP contribution in [0.5, 0.6) is 5.75 Å². The first-order chi connectivity index (χ1) is 5.74. The van der Waals surface area contributed by atoms with Crippen molar-refractivity contribution in [1.82, 2.24) is 0 Å². The van der Waals surface area contributed by atoms with E-state index in [1.165, 1.54) is 12.1 Å². The molecule has 0 aliphatic heterocycles. The van der Waals surface area contributed by atoms with Crippen LogP contribution in [0.3, 0.4) is 0 Å². The van der Waals surface area contributed by atoms with E-state index in [4.69, 9.17) is 11.0 Å². The highest BCUT2D eigenvalue weighted by molar-refractivity contribution is 5.27. The average Bonchev–Trinajstić information content (AvgIpc) is 2.07. The summed E-state index contributed by atoms with van der Waals surface area (Å²) < 4.78 is 12.7. The Morgan fingerprint density at radius 1 is 1.50 bits per heavy atom. The minimum atomic E-state index is -0.621. The van der Waals surface area contributed by atoms with Crippen molar-refractivity contribution in [3.8, 4) is 5.75 Å². The van der Waals surface area contributed by atoms with Gasteiger partial charge in [0.2, 0.25) is 0 Å². The van der Waals surface area contributed by atoms with E-state index >= 15 is 0 Å². The molecule has 0 atom stereocenters. The van der Waals surface area contributed by atoms with Gasteiger partial charge in [-0.1, -0.05) is 6.07 Å². The number of rotatable bonds is 3. The van der Waals surface area contributed by atoms with E-state index in [9.17, 15) is 4.39 Å². The van der Waals surface area contributed by atoms with Crippen LogP contribution in [-0.4, -0.2) is 11.7 Å². The highest BCUT2D eigenvalue weighted by atomic mass is 19.1. The van der Waals surface area contributed by atoms with Crippen molar-refractivity contribution in [2.45, 2.75) is 6.42 Å². The lowest BCUT2D eigenvalue weighted by Gasteiger charge is -2.00. The minimum absolute atomic E-state index is 0.338. The van der Waals surface area contributed by atoms with Crippen LogP contribution < -0.4 is 5.90 Å². The topological polar surface area (TPSA) is 55.5 Å². The van der Waals surface area contributed by atoms with Crippen LogP contribution in [-0.2, 0) is 11.3 Å². The van der Waals surface area contributed by atoms with Gasteiger partial charge in [0.25, 0.3) is 0 Å². The molecule has 1 aromatic rings. The van der Waals surface area contributed by atoms with Crippen molar-refractivity contribution >= 4 is 0 Å². The Morgan fingerprint density at radius 2 is 2.25 bits per heavy atom. The van der Waals surface area contributed by atoms with Gasteiger partial charge >= 0.3 is 0 Å². The molecule has 12 heavy (non-hydrogen) atoms. The first-order valence-electron chi connectivity index (χ1n) is 3.53. The van der Waals surface area contributed by atoms with Gasteiger partial charge in [0.1, 0.15) is 0 Å². The number of phenolic OH excluding ortho intramolecular Hbond substituents is 1. The molecule has 0 aliphatic carbocycles. The van der Waals surface area contributed by atoms with Crippen LogP contribution in [0.2, 0.25) is 0 Å². The molecule has 3 N–H and O–H groups in total. The number of hydrogen-bond acceptors (Lipinski definition) is 3.